The highest BCUT2D eigenvalue weighted by molar-refractivity contribution is 6.11. The van der Waals surface area contributed by atoms with E-state index in [9.17, 15) is 4.79 Å². The van der Waals surface area contributed by atoms with Crippen molar-refractivity contribution in [3.8, 4) is 0 Å². The third kappa shape index (κ3) is 2.81. The molecular weight excluding hydrogens is 334 g/mol. The number of amides is 1. The van der Waals surface area contributed by atoms with Gasteiger partial charge in [0.25, 0.3) is 0 Å². The number of carbonyl (C=O) groups excluding carboxylic acids is 1. The lowest BCUT2D eigenvalue weighted by Crippen LogP contribution is -2.39. The van der Waals surface area contributed by atoms with Gasteiger partial charge in [-0.3, -0.25) is 4.79 Å². The molecule has 1 aliphatic heterocycles. The number of benzene rings is 3. The average Bonchev–Trinajstić information content (AvgIpc) is 2.97. The largest absolute Gasteiger partial charge is 0.505 e. The predicted molar refractivity (Wildman–Crippen MR) is 107 cm³/mol. The zero-order valence-corrected chi connectivity index (χ0v) is 15.2. The third-order valence-electron chi connectivity index (χ3n) is 5.07. The topological polar surface area (TPSA) is 29.5 Å². The van der Waals surface area contributed by atoms with Crippen molar-refractivity contribution in [1.29, 1.82) is 0 Å². The molecule has 4 rings (SSSR count). The molecule has 27 heavy (non-hydrogen) atoms. The second kappa shape index (κ2) is 7.12. The summed E-state index contributed by atoms with van der Waals surface area (Å²) in [7, 11) is 1.60. The van der Waals surface area contributed by atoms with Crippen LogP contribution in [0.5, 0.6) is 0 Å². The molecule has 3 nitrogen and oxygen atoms in total. The molecule has 0 radical (unpaired) electrons. The Morgan fingerprint density at radius 1 is 0.889 bits per heavy atom. The van der Waals surface area contributed by atoms with Crippen molar-refractivity contribution >= 4 is 11.6 Å². The number of hydrogen-bond donors (Lipinski definition) is 0. The standard InChI is InChI=1S/C24H21NO2/c1-27-17-16-24(20-12-6-3-7-13-20)21-14-8-9-15-22(21)25(23(24)26)18-19-10-4-2-5-11-19/h2-17H,18H2,1H3/b17-16+/t24-/m0/s1. The first-order valence-electron chi connectivity index (χ1n) is 8.99. The van der Waals surface area contributed by atoms with Crippen LogP contribution in [0.2, 0.25) is 0 Å². The summed E-state index contributed by atoms with van der Waals surface area (Å²) >= 11 is 0. The lowest BCUT2D eigenvalue weighted by atomic mass is 9.75. The van der Waals surface area contributed by atoms with Crippen molar-refractivity contribution in [2.45, 2.75) is 12.0 Å². The third-order valence-corrected chi connectivity index (χ3v) is 5.07. The molecule has 134 valence electrons. The number of hydrogen-bond acceptors (Lipinski definition) is 2. The summed E-state index contributed by atoms with van der Waals surface area (Å²) in [4.78, 5) is 15.7. The first kappa shape index (κ1) is 17.1. The highest BCUT2D eigenvalue weighted by Gasteiger charge is 2.50. The van der Waals surface area contributed by atoms with E-state index in [0.29, 0.717) is 6.54 Å². The minimum Gasteiger partial charge on any atom is -0.505 e. The van der Waals surface area contributed by atoms with E-state index in [2.05, 4.69) is 0 Å². The molecule has 0 fully saturated rings. The van der Waals surface area contributed by atoms with E-state index >= 15 is 0 Å². The van der Waals surface area contributed by atoms with Gasteiger partial charge in [0, 0.05) is 5.69 Å². The van der Waals surface area contributed by atoms with E-state index < -0.39 is 5.41 Å². The number of nitrogens with zero attached hydrogens (tertiary/aromatic N) is 1. The van der Waals surface area contributed by atoms with Crippen molar-refractivity contribution in [1.82, 2.24) is 0 Å². The molecule has 0 aliphatic carbocycles. The minimum absolute atomic E-state index is 0.0343. The fourth-order valence-electron chi connectivity index (χ4n) is 3.81. The number of ether oxygens (including phenoxy) is 1. The molecule has 3 aromatic carbocycles. The highest BCUT2D eigenvalue weighted by atomic mass is 16.5. The van der Waals surface area contributed by atoms with Gasteiger partial charge < -0.3 is 9.64 Å². The lowest BCUT2D eigenvalue weighted by molar-refractivity contribution is -0.120. The summed E-state index contributed by atoms with van der Waals surface area (Å²) in [5, 5.41) is 0. The molecule has 1 heterocycles. The molecule has 0 unspecified atom stereocenters. The van der Waals surface area contributed by atoms with Crippen molar-refractivity contribution in [3.63, 3.8) is 0 Å². The van der Waals surface area contributed by atoms with Crippen LogP contribution in [-0.4, -0.2) is 13.0 Å². The Labute approximate surface area is 159 Å². The molecule has 1 amide bonds. The fourth-order valence-corrected chi connectivity index (χ4v) is 3.81. The number of para-hydroxylation sites is 1. The summed E-state index contributed by atoms with van der Waals surface area (Å²) in [5.74, 6) is 0.0343. The van der Waals surface area contributed by atoms with E-state index in [0.717, 1.165) is 22.4 Å². The Morgan fingerprint density at radius 2 is 1.52 bits per heavy atom. The van der Waals surface area contributed by atoms with Crippen LogP contribution >= 0.6 is 0 Å². The van der Waals surface area contributed by atoms with Crippen molar-refractivity contribution in [3.05, 3.63) is 114 Å². The van der Waals surface area contributed by atoms with Gasteiger partial charge in [-0.2, -0.15) is 0 Å². The molecular formula is C24H21NO2. The molecule has 3 heteroatoms. The number of rotatable bonds is 5. The summed E-state index contributed by atoms with van der Waals surface area (Å²) in [6.45, 7) is 0.534. The maximum Gasteiger partial charge on any atom is 0.246 e. The van der Waals surface area contributed by atoms with Gasteiger partial charge in [-0.15, -0.1) is 0 Å². The minimum atomic E-state index is -0.886. The maximum atomic E-state index is 13.8. The SMILES string of the molecule is CO/C=C/[C@@]1(c2ccccc2)C(=O)N(Cc2ccccc2)c2ccccc21. The van der Waals surface area contributed by atoms with E-state index in [4.69, 9.17) is 4.74 Å². The Morgan fingerprint density at radius 3 is 2.22 bits per heavy atom. The Hall–Kier alpha value is -3.33. The zero-order valence-electron chi connectivity index (χ0n) is 15.2. The summed E-state index contributed by atoms with van der Waals surface area (Å²) in [5.41, 5.74) is 3.07. The average molecular weight is 355 g/mol. The van der Waals surface area contributed by atoms with Gasteiger partial charge in [-0.1, -0.05) is 78.9 Å². The predicted octanol–water partition coefficient (Wildman–Crippen LogP) is 4.68. The van der Waals surface area contributed by atoms with Crippen LogP contribution in [0.15, 0.2) is 97.3 Å². The molecule has 0 aromatic heterocycles. The smallest absolute Gasteiger partial charge is 0.246 e. The quantitative estimate of drug-likeness (QED) is 0.622. The molecule has 0 saturated carbocycles. The Balaban J connectivity index is 1.89. The monoisotopic (exact) mass is 355 g/mol. The van der Waals surface area contributed by atoms with Crippen LogP contribution in [0.1, 0.15) is 16.7 Å². The van der Waals surface area contributed by atoms with Crippen LogP contribution in [0.4, 0.5) is 5.69 Å². The normalized spacial score (nSPS) is 18.7. The van der Waals surface area contributed by atoms with Crippen LogP contribution in [0, 0.1) is 0 Å². The Bertz CT molecular complexity index is 966. The van der Waals surface area contributed by atoms with Gasteiger partial charge in [0.15, 0.2) is 0 Å². The van der Waals surface area contributed by atoms with Gasteiger partial charge in [0.1, 0.15) is 5.41 Å². The van der Waals surface area contributed by atoms with Gasteiger partial charge >= 0.3 is 0 Å². The van der Waals surface area contributed by atoms with Gasteiger partial charge in [-0.05, 0) is 28.8 Å². The molecule has 1 aliphatic rings. The van der Waals surface area contributed by atoms with E-state index in [-0.39, 0.29) is 5.91 Å². The van der Waals surface area contributed by atoms with Crippen molar-refractivity contribution in [2.75, 3.05) is 12.0 Å². The molecule has 0 saturated heterocycles. The van der Waals surface area contributed by atoms with Crippen molar-refractivity contribution < 1.29 is 9.53 Å². The molecule has 3 aromatic rings. The molecule has 0 bridgehead atoms. The number of carbonyl (C=O) groups is 1. The fraction of sp³-hybridized carbons (Fsp3) is 0.125. The van der Waals surface area contributed by atoms with Crippen LogP contribution < -0.4 is 4.90 Å². The molecule has 0 spiro atoms. The van der Waals surface area contributed by atoms with Gasteiger partial charge in [0.2, 0.25) is 5.91 Å². The van der Waals surface area contributed by atoms with E-state index in [1.807, 2.05) is 95.9 Å². The van der Waals surface area contributed by atoms with Crippen LogP contribution in [-0.2, 0) is 21.5 Å². The van der Waals surface area contributed by atoms with Crippen LogP contribution in [0.25, 0.3) is 0 Å². The van der Waals surface area contributed by atoms with Gasteiger partial charge in [-0.25, -0.2) is 0 Å². The first-order chi connectivity index (χ1) is 13.3. The molecule has 1 atom stereocenters. The lowest BCUT2D eigenvalue weighted by Gasteiger charge is -2.26. The summed E-state index contributed by atoms with van der Waals surface area (Å²) in [6, 6.07) is 28.0. The van der Waals surface area contributed by atoms with Gasteiger partial charge in [0.05, 0.1) is 19.9 Å². The van der Waals surface area contributed by atoms with Crippen molar-refractivity contribution in [2.24, 2.45) is 0 Å². The van der Waals surface area contributed by atoms with Crippen LogP contribution in [0.3, 0.4) is 0 Å². The number of fused-ring (bicyclic) bond motifs is 1. The first-order valence-corrected chi connectivity index (χ1v) is 8.99. The second-order valence-electron chi connectivity index (χ2n) is 6.61. The second-order valence-corrected chi connectivity index (χ2v) is 6.61. The van der Waals surface area contributed by atoms with E-state index in [1.54, 1.807) is 13.4 Å². The molecule has 0 N–H and O–H groups in total. The summed E-state index contributed by atoms with van der Waals surface area (Å²) in [6.07, 6.45) is 3.47. The number of anilines is 1. The van der Waals surface area contributed by atoms with E-state index in [1.165, 1.54) is 0 Å². The Kier molecular flexibility index (Phi) is 4.51. The number of methoxy groups -OCH3 is 1. The maximum absolute atomic E-state index is 13.8. The zero-order chi connectivity index (χ0) is 18.7. The highest BCUT2D eigenvalue weighted by Crippen LogP contribution is 2.47. The summed E-state index contributed by atoms with van der Waals surface area (Å²) < 4.78 is 5.22.